The standard InChI is InChI=1S/C22H31N3O/c1-4-22(26)8-5-7-18-13-24(15-20(18)22)14-19-12-16(2)11-17(3)21(19)25-10-6-9-23-25/h6,9-12,18,20,26H,4-5,7-8,13-15H2,1-3H3/t18-,20+,22-/m0/s1. The highest BCUT2D eigenvalue weighted by Gasteiger charge is 2.47. The molecule has 1 aliphatic heterocycles. The van der Waals surface area contributed by atoms with Gasteiger partial charge in [0.2, 0.25) is 0 Å². The third-order valence-electron chi connectivity index (χ3n) is 6.65. The van der Waals surface area contributed by atoms with E-state index >= 15 is 0 Å². The lowest BCUT2D eigenvalue weighted by Gasteiger charge is -2.40. The quantitative estimate of drug-likeness (QED) is 0.907. The van der Waals surface area contributed by atoms with Crippen LogP contribution in [0.4, 0.5) is 0 Å². The van der Waals surface area contributed by atoms with Gasteiger partial charge in [0.1, 0.15) is 0 Å². The monoisotopic (exact) mass is 353 g/mol. The fourth-order valence-electron chi connectivity index (χ4n) is 5.42. The fourth-order valence-corrected chi connectivity index (χ4v) is 5.42. The molecule has 4 nitrogen and oxygen atoms in total. The molecule has 2 aliphatic rings. The van der Waals surface area contributed by atoms with E-state index in [4.69, 9.17) is 0 Å². The highest BCUT2D eigenvalue weighted by atomic mass is 16.3. The molecule has 0 radical (unpaired) electrons. The van der Waals surface area contributed by atoms with Crippen molar-refractivity contribution in [3.05, 3.63) is 47.3 Å². The van der Waals surface area contributed by atoms with E-state index in [1.807, 2.05) is 23.1 Å². The number of rotatable bonds is 4. The molecule has 2 fully saturated rings. The van der Waals surface area contributed by atoms with E-state index in [0.29, 0.717) is 11.8 Å². The molecular weight excluding hydrogens is 322 g/mol. The van der Waals surface area contributed by atoms with Crippen molar-refractivity contribution in [3.63, 3.8) is 0 Å². The summed E-state index contributed by atoms with van der Waals surface area (Å²) in [6.45, 7) is 9.55. The molecule has 4 heteroatoms. The molecular formula is C22H31N3O. The highest BCUT2D eigenvalue weighted by Crippen LogP contribution is 2.44. The Morgan fingerprint density at radius 3 is 2.85 bits per heavy atom. The van der Waals surface area contributed by atoms with Crippen molar-refractivity contribution in [1.29, 1.82) is 0 Å². The van der Waals surface area contributed by atoms with Crippen molar-refractivity contribution in [2.24, 2.45) is 11.8 Å². The zero-order valence-corrected chi connectivity index (χ0v) is 16.3. The van der Waals surface area contributed by atoms with E-state index in [1.54, 1.807) is 0 Å². The molecule has 1 aromatic heterocycles. The van der Waals surface area contributed by atoms with Gasteiger partial charge in [0.25, 0.3) is 0 Å². The van der Waals surface area contributed by atoms with Crippen molar-refractivity contribution < 1.29 is 5.11 Å². The van der Waals surface area contributed by atoms with Crippen molar-refractivity contribution >= 4 is 0 Å². The fraction of sp³-hybridized carbons (Fsp3) is 0.591. The summed E-state index contributed by atoms with van der Waals surface area (Å²) in [6.07, 6.45) is 8.16. The normalized spacial score (nSPS) is 29.1. The van der Waals surface area contributed by atoms with Gasteiger partial charge in [0.05, 0.1) is 11.3 Å². The SMILES string of the molecule is CC[C@]1(O)CCC[C@H]2CN(Cc3cc(C)cc(C)c3-n3cccn3)C[C@H]21. The second-order valence-corrected chi connectivity index (χ2v) is 8.45. The Morgan fingerprint density at radius 1 is 1.27 bits per heavy atom. The molecule has 1 saturated heterocycles. The molecule has 0 unspecified atom stereocenters. The molecule has 0 spiro atoms. The summed E-state index contributed by atoms with van der Waals surface area (Å²) in [5.74, 6) is 1.08. The van der Waals surface area contributed by atoms with E-state index < -0.39 is 5.60 Å². The van der Waals surface area contributed by atoms with Crippen LogP contribution in [-0.2, 0) is 6.54 Å². The minimum absolute atomic E-state index is 0.431. The van der Waals surface area contributed by atoms with Gasteiger partial charge < -0.3 is 5.11 Å². The van der Waals surface area contributed by atoms with Crippen molar-refractivity contribution in [3.8, 4) is 5.69 Å². The lowest BCUT2D eigenvalue weighted by molar-refractivity contribution is -0.0613. The highest BCUT2D eigenvalue weighted by molar-refractivity contribution is 5.49. The summed E-state index contributed by atoms with van der Waals surface area (Å²) in [6, 6.07) is 6.52. The van der Waals surface area contributed by atoms with E-state index in [9.17, 15) is 5.11 Å². The average Bonchev–Trinajstić information content (AvgIpc) is 3.25. The van der Waals surface area contributed by atoms with Gasteiger partial charge in [0.15, 0.2) is 0 Å². The Bertz CT molecular complexity index is 770. The van der Waals surface area contributed by atoms with Gasteiger partial charge >= 0.3 is 0 Å². The van der Waals surface area contributed by atoms with Gasteiger partial charge in [-0.3, -0.25) is 4.90 Å². The van der Waals surface area contributed by atoms with Gasteiger partial charge in [-0.25, -0.2) is 4.68 Å². The maximum absolute atomic E-state index is 11.1. The van der Waals surface area contributed by atoms with Crippen LogP contribution < -0.4 is 0 Å². The molecule has 2 aromatic rings. The van der Waals surface area contributed by atoms with Crippen LogP contribution in [0.3, 0.4) is 0 Å². The number of hydrogen-bond acceptors (Lipinski definition) is 3. The van der Waals surface area contributed by atoms with Crippen molar-refractivity contribution in [1.82, 2.24) is 14.7 Å². The van der Waals surface area contributed by atoms with Crippen LogP contribution in [0.2, 0.25) is 0 Å². The first kappa shape index (κ1) is 17.7. The predicted molar refractivity (Wildman–Crippen MR) is 104 cm³/mol. The maximum atomic E-state index is 11.1. The summed E-state index contributed by atoms with van der Waals surface area (Å²) >= 11 is 0. The van der Waals surface area contributed by atoms with Crippen LogP contribution in [0.25, 0.3) is 5.69 Å². The third-order valence-corrected chi connectivity index (χ3v) is 6.65. The smallest absolute Gasteiger partial charge is 0.0719 e. The Hall–Kier alpha value is -1.65. The van der Waals surface area contributed by atoms with E-state index in [1.165, 1.54) is 35.2 Å². The second-order valence-electron chi connectivity index (χ2n) is 8.45. The molecule has 1 saturated carbocycles. The van der Waals surface area contributed by atoms with Crippen LogP contribution in [0.1, 0.15) is 49.3 Å². The number of aliphatic hydroxyl groups is 1. The lowest BCUT2D eigenvalue weighted by Crippen LogP contribution is -2.44. The zero-order valence-electron chi connectivity index (χ0n) is 16.3. The third kappa shape index (κ3) is 3.10. The van der Waals surface area contributed by atoms with Gasteiger partial charge in [-0.05, 0) is 56.2 Å². The zero-order chi connectivity index (χ0) is 18.3. The Balaban J connectivity index is 1.61. The van der Waals surface area contributed by atoms with Crippen LogP contribution in [0.5, 0.6) is 0 Å². The predicted octanol–water partition coefficient (Wildman–Crippen LogP) is 3.86. The van der Waals surface area contributed by atoms with E-state index in [2.05, 4.69) is 42.9 Å². The second kappa shape index (κ2) is 6.82. The van der Waals surface area contributed by atoms with Crippen LogP contribution >= 0.6 is 0 Å². The molecule has 0 amide bonds. The number of aryl methyl sites for hydroxylation is 2. The minimum Gasteiger partial charge on any atom is -0.390 e. The van der Waals surface area contributed by atoms with Crippen LogP contribution in [0, 0.1) is 25.7 Å². The van der Waals surface area contributed by atoms with Crippen molar-refractivity contribution in [2.75, 3.05) is 13.1 Å². The Morgan fingerprint density at radius 2 is 2.12 bits per heavy atom. The number of benzene rings is 1. The first-order chi connectivity index (χ1) is 12.5. The molecule has 140 valence electrons. The molecule has 1 aromatic carbocycles. The summed E-state index contributed by atoms with van der Waals surface area (Å²) in [7, 11) is 0. The lowest BCUT2D eigenvalue weighted by atomic mass is 9.69. The average molecular weight is 354 g/mol. The van der Waals surface area contributed by atoms with Gasteiger partial charge in [0, 0.05) is 37.9 Å². The van der Waals surface area contributed by atoms with Gasteiger partial charge in [-0.15, -0.1) is 0 Å². The molecule has 1 aliphatic carbocycles. The molecule has 2 heterocycles. The number of fused-ring (bicyclic) bond motifs is 1. The summed E-state index contributed by atoms with van der Waals surface area (Å²) in [5.41, 5.74) is 4.66. The number of aromatic nitrogens is 2. The number of hydrogen-bond donors (Lipinski definition) is 1. The Kier molecular flexibility index (Phi) is 4.66. The largest absolute Gasteiger partial charge is 0.390 e. The van der Waals surface area contributed by atoms with E-state index in [-0.39, 0.29) is 0 Å². The number of likely N-dealkylation sites (tertiary alicyclic amines) is 1. The molecule has 3 atom stereocenters. The first-order valence-electron chi connectivity index (χ1n) is 10.0. The molecule has 4 rings (SSSR count). The van der Waals surface area contributed by atoms with E-state index in [0.717, 1.165) is 32.5 Å². The Labute approximate surface area is 156 Å². The van der Waals surface area contributed by atoms with Crippen LogP contribution in [0.15, 0.2) is 30.6 Å². The first-order valence-corrected chi connectivity index (χ1v) is 10.0. The van der Waals surface area contributed by atoms with Gasteiger partial charge in [-0.2, -0.15) is 5.10 Å². The summed E-state index contributed by atoms with van der Waals surface area (Å²) < 4.78 is 2.00. The number of nitrogens with zero attached hydrogens (tertiary/aromatic N) is 3. The van der Waals surface area contributed by atoms with Gasteiger partial charge in [-0.1, -0.05) is 31.0 Å². The topological polar surface area (TPSA) is 41.3 Å². The van der Waals surface area contributed by atoms with Crippen LogP contribution in [-0.4, -0.2) is 38.5 Å². The molecule has 1 N–H and O–H groups in total. The molecule has 0 bridgehead atoms. The summed E-state index contributed by atoms with van der Waals surface area (Å²) in [5, 5.41) is 15.6. The maximum Gasteiger partial charge on any atom is 0.0719 e. The minimum atomic E-state index is -0.453. The summed E-state index contributed by atoms with van der Waals surface area (Å²) in [4.78, 5) is 2.56. The van der Waals surface area contributed by atoms with Crippen molar-refractivity contribution in [2.45, 2.75) is 58.6 Å². The molecule has 26 heavy (non-hydrogen) atoms.